The Balaban J connectivity index is 1.33. The maximum absolute atomic E-state index is 14.1. The average molecular weight is 578 g/mol. The van der Waals surface area contributed by atoms with Crippen LogP contribution < -0.4 is 42.0 Å². The predicted molar refractivity (Wildman–Crippen MR) is 156 cm³/mol. The second-order valence-corrected chi connectivity index (χ2v) is 11.1. The van der Waals surface area contributed by atoms with Crippen LogP contribution in [0.1, 0.15) is 48.2 Å². The lowest BCUT2D eigenvalue weighted by Gasteiger charge is -2.30. The minimum Gasteiger partial charge on any atom is -0.497 e. The van der Waals surface area contributed by atoms with Gasteiger partial charge in [-0.05, 0) is 48.1 Å². The number of nitrogens with one attached hydrogen (secondary N) is 6. The van der Waals surface area contributed by atoms with E-state index in [9.17, 15) is 19.2 Å². The molecule has 0 radical (unpaired) electrons. The van der Waals surface area contributed by atoms with E-state index in [-0.39, 0.29) is 23.8 Å². The zero-order valence-electron chi connectivity index (χ0n) is 24.2. The molecule has 6 N–H and O–H groups in total. The number of carbonyl (C=O) groups excluding carboxylic acids is 4. The molecule has 0 aliphatic carbocycles. The van der Waals surface area contributed by atoms with Gasteiger partial charge in [0, 0.05) is 25.1 Å². The van der Waals surface area contributed by atoms with Crippen LogP contribution in [0.4, 0.5) is 5.69 Å². The van der Waals surface area contributed by atoms with E-state index in [0.717, 1.165) is 16.8 Å². The lowest BCUT2D eigenvalue weighted by molar-refractivity contribution is -0.130. The van der Waals surface area contributed by atoms with Crippen molar-refractivity contribution in [2.24, 2.45) is 5.92 Å². The molecule has 1 unspecified atom stereocenters. The Morgan fingerprint density at radius 1 is 1.14 bits per heavy atom. The number of hydrogen-bond donors (Lipinski definition) is 6. The predicted octanol–water partition coefficient (Wildman–Crippen LogP) is 0.326. The first-order chi connectivity index (χ1) is 20.3. The number of nitrogens with zero attached hydrogens (tertiary/aromatic N) is 1. The van der Waals surface area contributed by atoms with Gasteiger partial charge in [0.2, 0.25) is 17.7 Å². The summed E-state index contributed by atoms with van der Waals surface area (Å²) in [6.07, 6.45) is 1.99. The van der Waals surface area contributed by atoms with E-state index in [4.69, 9.17) is 4.74 Å². The van der Waals surface area contributed by atoms with Crippen molar-refractivity contribution in [3.05, 3.63) is 59.2 Å². The highest BCUT2D eigenvalue weighted by atomic mass is 16.5. The first-order valence-corrected chi connectivity index (χ1v) is 14.5. The number of amides is 4. The fraction of sp³-hybridized carbons (Fsp3) is 0.467. The van der Waals surface area contributed by atoms with Crippen molar-refractivity contribution in [1.82, 2.24) is 32.3 Å². The maximum Gasteiger partial charge on any atom is 0.252 e. The molecule has 3 heterocycles. The van der Waals surface area contributed by atoms with Crippen LogP contribution in [0, 0.1) is 5.92 Å². The number of benzene rings is 2. The highest BCUT2D eigenvalue weighted by Crippen LogP contribution is 2.39. The van der Waals surface area contributed by atoms with Crippen molar-refractivity contribution >= 4 is 29.3 Å². The van der Waals surface area contributed by atoms with Gasteiger partial charge in [-0.2, -0.15) is 5.53 Å². The van der Waals surface area contributed by atoms with Gasteiger partial charge >= 0.3 is 0 Å². The first kappa shape index (κ1) is 29.5. The van der Waals surface area contributed by atoms with E-state index in [1.165, 1.54) is 7.11 Å². The van der Waals surface area contributed by atoms with Crippen molar-refractivity contribution in [2.75, 3.05) is 25.1 Å². The number of methoxy groups -OCH3 is 1. The highest BCUT2D eigenvalue weighted by Gasteiger charge is 2.44. The topological polar surface area (TPSA) is 153 Å². The molecule has 42 heavy (non-hydrogen) atoms. The molecule has 5 rings (SSSR count). The Bertz CT molecular complexity index is 1350. The molecule has 5 atom stereocenters. The van der Waals surface area contributed by atoms with Crippen LogP contribution in [-0.4, -0.2) is 68.0 Å². The first-order valence-electron chi connectivity index (χ1n) is 14.5. The molecule has 4 amide bonds. The quantitative estimate of drug-likeness (QED) is 0.236. The van der Waals surface area contributed by atoms with Crippen molar-refractivity contribution in [1.29, 1.82) is 0 Å². The lowest BCUT2D eigenvalue weighted by Crippen LogP contribution is -2.58. The van der Waals surface area contributed by atoms with Crippen molar-refractivity contribution in [3.8, 4) is 5.75 Å². The number of para-hydroxylation sites is 1. The third-order valence-electron chi connectivity index (χ3n) is 8.38. The molecule has 1 saturated heterocycles. The zero-order valence-corrected chi connectivity index (χ0v) is 24.2. The molecule has 0 aromatic heterocycles. The fourth-order valence-corrected chi connectivity index (χ4v) is 5.77. The van der Waals surface area contributed by atoms with Gasteiger partial charge in [-0.1, -0.05) is 44.5 Å². The average Bonchev–Trinajstić information content (AvgIpc) is 3.65. The van der Waals surface area contributed by atoms with Gasteiger partial charge in [0.05, 0.1) is 18.8 Å². The van der Waals surface area contributed by atoms with E-state index in [0.29, 0.717) is 50.1 Å². The number of aryl methyl sites for hydroxylation is 1. The second kappa shape index (κ2) is 12.9. The molecular weight excluding hydrogens is 538 g/mol. The molecule has 12 heteroatoms. The number of hydrogen-bond acceptors (Lipinski definition) is 8. The summed E-state index contributed by atoms with van der Waals surface area (Å²) in [6.45, 7) is 4.87. The Labute approximate surface area is 245 Å². The van der Waals surface area contributed by atoms with Crippen molar-refractivity contribution in [3.63, 3.8) is 0 Å². The molecule has 3 aliphatic rings. The van der Waals surface area contributed by atoms with E-state index >= 15 is 0 Å². The van der Waals surface area contributed by atoms with Gasteiger partial charge in [0.1, 0.15) is 23.9 Å². The molecule has 0 saturated carbocycles. The molecule has 0 spiro atoms. The summed E-state index contributed by atoms with van der Waals surface area (Å²) in [5, 5.41) is 8.77. The van der Waals surface area contributed by atoms with Crippen molar-refractivity contribution in [2.45, 2.75) is 63.7 Å². The lowest BCUT2D eigenvalue weighted by atomic mass is 9.96. The van der Waals surface area contributed by atoms with Crippen LogP contribution in [0.5, 0.6) is 5.75 Å². The molecule has 12 nitrogen and oxygen atoms in total. The number of hydrazine groups is 2. The summed E-state index contributed by atoms with van der Waals surface area (Å²) >= 11 is 0. The third kappa shape index (κ3) is 6.10. The number of ether oxygens (including phenoxy) is 1. The van der Waals surface area contributed by atoms with E-state index in [2.05, 4.69) is 32.3 Å². The summed E-state index contributed by atoms with van der Waals surface area (Å²) in [5.74, 6) is -1.06. The Kier molecular flexibility index (Phi) is 9.05. The third-order valence-corrected chi connectivity index (χ3v) is 8.38. The van der Waals surface area contributed by atoms with Crippen LogP contribution in [0.15, 0.2) is 42.5 Å². The summed E-state index contributed by atoms with van der Waals surface area (Å²) in [5.41, 5.74) is 11.9. The summed E-state index contributed by atoms with van der Waals surface area (Å²) in [7, 11) is 1.52. The van der Waals surface area contributed by atoms with Gasteiger partial charge < -0.3 is 20.7 Å². The van der Waals surface area contributed by atoms with Gasteiger partial charge in [-0.25, -0.2) is 10.9 Å². The fourth-order valence-electron chi connectivity index (χ4n) is 5.77. The summed E-state index contributed by atoms with van der Waals surface area (Å²) in [6, 6.07) is 10.2. The summed E-state index contributed by atoms with van der Waals surface area (Å²) < 4.78 is 5.23. The van der Waals surface area contributed by atoms with Gasteiger partial charge in [-0.3, -0.25) is 24.1 Å². The minimum atomic E-state index is -0.860. The highest BCUT2D eigenvalue weighted by molar-refractivity contribution is 6.08. The van der Waals surface area contributed by atoms with E-state index in [1.807, 2.05) is 32.0 Å². The number of anilines is 1. The van der Waals surface area contributed by atoms with Crippen molar-refractivity contribution < 1.29 is 23.9 Å². The maximum atomic E-state index is 14.1. The largest absolute Gasteiger partial charge is 0.497 e. The van der Waals surface area contributed by atoms with E-state index < -0.39 is 29.9 Å². The summed E-state index contributed by atoms with van der Waals surface area (Å²) in [4.78, 5) is 55.8. The second-order valence-electron chi connectivity index (χ2n) is 11.1. The molecule has 0 bridgehead atoms. The minimum absolute atomic E-state index is 0.0184. The normalized spacial score (nSPS) is 22.5. The molecule has 1 fully saturated rings. The van der Waals surface area contributed by atoms with E-state index in [1.54, 1.807) is 29.2 Å². The SMILES string of the molecule is CC[C@H](C)[C@H](NC(=O)c1cccc(OC)c1)C(=O)N[C@H]1CCc2cccc3c2N(C1=O)[C@H](C(=O)NCC1CNNN1)C3. The van der Waals surface area contributed by atoms with Gasteiger partial charge in [-0.15, -0.1) is 0 Å². The Hall–Kier alpha value is -4.00. The van der Waals surface area contributed by atoms with Crippen LogP contribution >= 0.6 is 0 Å². The number of carbonyl (C=O) groups is 4. The van der Waals surface area contributed by atoms with Crippen LogP contribution in [0.25, 0.3) is 0 Å². The Morgan fingerprint density at radius 3 is 2.67 bits per heavy atom. The molecule has 3 aliphatic heterocycles. The van der Waals surface area contributed by atoms with Crippen LogP contribution in [0.3, 0.4) is 0 Å². The van der Waals surface area contributed by atoms with Gasteiger partial charge in [0.25, 0.3) is 5.91 Å². The molecule has 2 aromatic rings. The Morgan fingerprint density at radius 2 is 1.93 bits per heavy atom. The molecule has 2 aromatic carbocycles. The number of rotatable bonds is 10. The molecular formula is C30H39N7O5. The molecule has 224 valence electrons. The smallest absolute Gasteiger partial charge is 0.252 e. The zero-order chi connectivity index (χ0) is 29.8. The monoisotopic (exact) mass is 577 g/mol. The standard InChI is InChI=1S/C30H39N7O5/c1-4-17(2)25(34-27(38)20-9-6-10-22(13-20)42-3)29(40)33-23-12-11-18-7-5-8-19-14-24(37(26(18)19)30(23)41)28(39)31-15-21-16-32-36-35-21/h5-10,13,17,21,23-25,32,35-36H,4,11-12,14-16H2,1-3H3,(H,31,39)(H,33,40)(H,34,38)/t17-,21?,23-,24-,25-/m0/s1. The van der Waals surface area contributed by atoms with Crippen LogP contribution in [-0.2, 0) is 27.2 Å². The van der Waals surface area contributed by atoms with Gasteiger partial charge in [0.15, 0.2) is 0 Å². The van der Waals surface area contributed by atoms with Crippen LogP contribution in [0.2, 0.25) is 0 Å².